The first-order chi connectivity index (χ1) is 15.6. The van der Waals surface area contributed by atoms with E-state index in [1.807, 2.05) is 42.5 Å². The smallest absolute Gasteiger partial charge is 0.411 e. The highest BCUT2D eigenvalue weighted by Crippen LogP contribution is 2.28. The van der Waals surface area contributed by atoms with Crippen LogP contribution < -0.4 is 19.5 Å². The second kappa shape index (κ2) is 13.6. The topological polar surface area (TPSA) is 78.5 Å². The number of hydrogen-bond donors (Lipinski definition) is 1. The average molecular weight is 479 g/mol. The average Bonchev–Trinajstić information content (AvgIpc) is 2.83. The van der Waals surface area contributed by atoms with Gasteiger partial charge < -0.3 is 23.7 Å². The molecule has 1 aliphatic rings. The minimum atomic E-state index is -0.518. The summed E-state index contributed by atoms with van der Waals surface area (Å²) in [6, 6.07) is 11.2. The number of hydrogen-bond acceptors (Lipinski definition) is 7. The Kier molecular flexibility index (Phi) is 10.8. The van der Waals surface area contributed by atoms with E-state index in [9.17, 15) is 4.79 Å². The number of carbonyl (C=O) groups excluding carboxylic acids is 1. The van der Waals surface area contributed by atoms with Crippen molar-refractivity contribution in [2.75, 3.05) is 66.1 Å². The SMILES string of the molecule is COc1cc(/C=C\c2ccc(OC)c(NC(=O)OCCN3CCOCC3)c2)cc(OC)c1.Cl. The molecule has 0 spiro atoms. The first kappa shape index (κ1) is 26.3. The van der Waals surface area contributed by atoms with Crippen LogP contribution in [0.1, 0.15) is 11.1 Å². The van der Waals surface area contributed by atoms with Gasteiger partial charge in [0.15, 0.2) is 0 Å². The highest BCUT2D eigenvalue weighted by molar-refractivity contribution is 5.88. The Labute approximate surface area is 200 Å². The quantitative estimate of drug-likeness (QED) is 0.541. The van der Waals surface area contributed by atoms with Crippen molar-refractivity contribution in [1.29, 1.82) is 0 Å². The highest BCUT2D eigenvalue weighted by Gasteiger charge is 2.12. The first-order valence-electron chi connectivity index (χ1n) is 10.4. The van der Waals surface area contributed by atoms with Crippen molar-refractivity contribution in [3.8, 4) is 17.2 Å². The van der Waals surface area contributed by atoms with Gasteiger partial charge in [-0.05, 0) is 35.4 Å². The number of ether oxygens (including phenoxy) is 5. The van der Waals surface area contributed by atoms with E-state index in [-0.39, 0.29) is 12.4 Å². The van der Waals surface area contributed by atoms with E-state index < -0.39 is 6.09 Å². The molecule has 0 saturated carbocycles. The van der Waals surface area contributed by atoms with Crippen LogP contribution in [0.5, 0.6) is 17.2 Å². The number of benzene rings is 2. The molecule has 0 aromatic heterocycles. The molecule has 2 aromatic carbocycles. The number of nitrogens with one attached hydrogen (secondary N) is 1. The lowest BCUT2D eigenvalue weighted by Crippen LogP contribution is -2.38. The minimum Gasteiger partial charge on any atom is -0.497 e. The maximum absolute atomic E-state index is 12.3. The minimum absolute atomic E-state index is 0. The molecule has 0 aliphatic carbocycles. The van der Waals surface area contributed by atoms with Gasteiger partial charge in [0.05, 0.1) is 40.2 Å². The second-order valence-corrected chi connectivity index (χ2v) is 7.15. The summed E-state index contributed by atoms with van der Waals surface area (Å²) in [5.41, 5.74) is 2.35. The summed E-state index contributed by atoms with van der Waals surface area (Å²) >= 11 is 0. The summed E-state index contributed by atoms with van der Waals surface area (Å²) < 4.78 is 26.7. The third-order valence-electron chi connectivity index (χ3n) is 5.05. The molecule has 1 amide bonds. The van der Waals surface area contributed by atoms with Crippen molar-refractivity contribution in [3.05, 3.63) is 47.5 Å². The fourth-order valence-electron chi connectivity index (χ4n) is 3.28. The molecule has 33 heavy (non-hydrogen) atoms. The van der Waals surface area contributed by atoms with Crippen molar-refractivity contribution in [3.63, 3.8) is 0 Å². The van der Waals surface area contributed by atoms with E-state index >= 15 is 0 Å². The van der Waals surface area contributed by atoms with Crippen LogP contribution in [0, 0.1) is 0 Å². The van der Waals surface area contributed by atoms with Crippen molar-refractivity contribution >= 4 is 36.3 Å². The number of nitrogens with zero attached hydrogens (tertiary/aromatic N) is 1. The molecule has 2 aromatic rings. The summed E-state index contributed by atoms with van der Waals surface area (Å²) in [6.45, 7) is 4.13. The lowest BCUT2D eigenvalue weighted by atomic mass is 10.1. The van der Waals surface area contributed by atoms with Gasteiger partial charge in [0.2, 0.25) is 0 Å². The van der Waals surface area contributed by atoms with Crippen molar-refractivity contribution in [2.24, 2.45) is 0 Å². The van der Waals surface area contributed by atoms with Crippen LogP contribution in [0.3, 0.4) is 0 Å². The maximum atomic E-state index is 12.3. The van der Waals surface area contributed by atoms with Gasteiger partial charge >= 0.3 is 6.09 Å². The molecule has 1 heterocycles. The zero-order valence-electron chi connectivity index (χ0n) is 19.2. The van der Waals surface area contributed by atoms with Crippen LogP contribution in [-0.2, 0) is 9.47 Å². The number of anilines is 1. The zero-order valence-corrected chi connectivity index (χ0v) is 20.0. The van der Waals surface area contributed by atoms with Crippen LogP contribution in [-0.4, -0.2) is 71.8 Å². The van der Waals surface area contributed by atoms with Crippen LogP contribution in [0.15, 0.2) is 36.4 Å². The molecule has 1 aliphatic heterocycles. The number of halogens is 1. The monoisotopic (exact) mass is 478 g/mol. The van der Waals surface area contributed by atoms with Crippen molar-refractivity contribution < 1.29 is 28.5 Å². The van der Waals surface area contributed by atoms with Gasteiger partial charge in [0.25, 0.3) is 0 Å². The number of methoxy groups -OCH3 is 3. The Morgan fingerprint density at radius 3 is 2.27 bits per heavy atom. The molecule has 1 saturated heterocycles. The van der Waals surface area contributed by atoms with Crippen LogP contribution in [0.4, 0.5) is 10.5 Å². The molecule has 9 heteroatoms. The molecule has 0 bridgehead atoms. The lowest BCUT2D eigenvalue weighted by Gasteiger charge is -2.26. The predicted octanol–water partition coefficient (Wildman–Crippen LogP) is 4.19. The Hall–Kier alpha value is -2.94. The summed E-state index contributed by atoms with van der Waals surface area (Å²) in [5.74, 6) is 1.97. The summed E-state index contributed by atoms with van der Waals surface area (Å²) in [4.78, 5) is 14.5. The normalized spacial score (nSPS) is 13.8. The molecule has 3 rings (SSSR count). The molecular formula is C24H31ClN2O6. The molecular weight excluding hydrogens is 448 g/mol. The van der Waals surface area contributed by atoms with E-state index in [0.29, 0.717) is 49.3 Å². The van der Waals surface area contributed by atoms with Crippen molar-refractivity contribution in [2.45, 2.75) is 0 Å². The fourth-order valence-corrected chi connectivity index (χ4v) is 3.28. The Balaban J connectivity index is 0.00000385. The molecule has 0 atom stereocenters. The van der Waals surface area contributed by atoms with E-state index in [4.69, 9.17) is 23.7 Å². The number of amides is 1. The standard InChI is InChI=1S/C24H30N2O6.ClH/c1-28-20-14-19(15-21(17-20)29-2)5-4-18-6-7-23(30-3)22(16-18)25-24(27)32-13-10-26-8-11-31-12-9-26;/h4-7,14-17H,8-13H2,1-3H3,(H,25,27);1H/b5-4-;. The predicted molar refractivity (Wildman–Crippen MR) is 131 cm³/mol. The zero-order chi connectivity index (χ0) is 22.8. The second-order valence-electron chi connectivity index (χ2n) is 7.15. The fraction of sp³-hybridized carbons (Fsp3) is 0.375. The van der Waals surface area contributed by atoms with Gasteiger partial charge in [0.1, 0.15) is 23.9 Å². The van der Waals surface area contributed by atoms with Gasteiger partial charge in [-0.25, -0.2) is 4.79 Å². The van der Waals surface area contributed by atoms with Gasteiger partial charge in [0, 0.05) is 25.7 Å². The summed E-state index contributed by atoms with van der Waals surface area (Å²) in [7, 11) is 4.79. The summed E-state index contributed by atoms with van der Waals surface area (Å²) in [5, 5.41) is 2.77. The van der Waals surface area contributed by atoms with E-state index in [0.717, 1.165) is 24.2 Å². The molecule has 1 fully saturated rings. The van der Waals surface area contributed by atoms with Gasteiger partial charge in [-0.3, -0.25) is 10.2 Å². The third-order valence-corrected chi connectivity index (χ3v) is 5.05. The Morgan fingerprint density at radius 1 is 0.970 bits per heavy atom. The largest absolute Gasteiger partial charge is 0.497 e. The maximum Gasteiger partial charge on any atom is 0.411 e. The van der Waals surface area contributed by atoms with Crippen LogP contribution >= 0.6 is 12.4 Å². The number of morpholine rings is 1. The van der Waals surface area contributed by atoms with E-state index in [2.05, 4.69) is 10.2 Å². The van der Waals surface area contributed by atoms with E-state index in [1.54, 1.807) is 27.4 Å². The summed E-state index contributed by atoms with van der Waals surface area (Å²) in [6.07, 6.45) is 3.36. The van der Waals surface area contributed by atoms with Gasteiger partial charge in [-0.2, -0.15) is 0 Å². The molecule has 0 unspecified atom stereocenters. The molecule has 0 radical (unpaired) electrons. The number of carbonyl (C=O) groups is 1. The first-order valence-corrected chi connectivity index (χ1v) is 10.4. The third kappa shape index (κ3) is 8.16. The molecule has 180 valence electrons. The molecule has 1 N–H and O–H groups in total. The highest BCUT2D eigenvalue weighted by atomic mass is 35.5. The lowest BCUT2D eigenvalue weighted by molar-refractivity contribution is 0.0290. The number of rotatable bonds is 9. The van der Waals surface area contributed by atoms with Gasteiger partial charge in [-0.1, -0.05) is 18.2 Å². The van der Waals surface area contributed by atoms with Crippen LogP contribution in [0.2, 0.25) is 0 Å². The molecule has 8 nitrogen and oxygen atoms in total. The van der Waals surface area contributed by atoms with Gasteiger partial charge in [-0.15, -0.1) is 12.4 Å². The van der Waals surface area contributed by atoms with Crippen molar-refractivity contribution in [1.82, 2.24) is 4.90 Å². The Bertz CT molecular complexity index is 909. The van der Waals surface area contributed by atoms with E-state index in [1.165, 1.54) is 0 Å². The Morgan fingerprint density at radius 2 is 1.64 bits per heavy atom. The van der Waals surface area contributed by atoms with Crippen LogP contribution in [0.25, 0.3) is 12.2 Å².